The van der Waals surface area contributed by atoms with Gasteiger partial charge in [-0.25, -0.2) is 0 Å². The minimum atomic E-state index is -5.10. The predicted molar refractivity (Wildman–Crippen MR) is 34.4 cm³/mol. The molecule has 2 N–H and O–H groups in total. The zero-order chi connectivity index (χ0) is 10.3. The fourth-order valence-corrected chi connectivity index (χ4v) is 0.792. The summed E-state index contributed by atoms with van der Waals surface area (Å²) in [4.78, 5) is 3.75. The van der Waals surface area contributed by atoms with Gasteiger partial charge in [0.05, 0.1) is 0 Å². The quantitative estimate of drug-likeness (QED) is 0.439. The Kier molecular flexibility index (Phi) is 1.95. The number of alkyl halides is 3. The van der Waals surface area contributed by atoms with Crippen LogP contribution in [0.5, 0.6) is 0 Å². The van der Waals surface area contributed by atoms with Gasteiger partial charge >= 0.3 is 12.0 Å². The zero-order valence-corrected chi connectivity index (χ0v) is 6.33. The van der Waals surface area contributed by atoms with E-state index in [1.54, 1.807) is 0 Å². The maximum absolute atomic E-state index is 12.1. The molecule has 13 heavy (non-hydrogen) atoms. The summed E-state index contributed by atoms with van der Waals surface area (Å²) in [6, 6.07) is 0. The maximum Gasteiger partial charge on any atom is 0.464 e. The van der Waals surface area contributed by atoms with Crippen LogP contribution < -0.4 is 0 Å². The van der Waals surface area contributed by atoms with Gasteiger partial charge in [0.1, 0.15) is 5.71 Å². The summed E-state index contributed by atoms with van der Waals surface area (Å²) in [6.07, 6.45) is -5.10. The van der Waals surface area contributed by atoms with Crippen LogP contribution in [0.4, 0.5) is 13.2 Å². The lowest BCUT2D eigenvalue weighted by Gasteiger charge is -2.22. The van der Waals surface area contributed by atoms with E-state index in [-0.39, 0.29) is 5.71 Å². The van der Waals surface area contributed by atoms with E-state index in [4.69, 9.17) is 10.3 Å². The first kappa shape index (κ1) is 9.78. The van der Waals surface area contributed by atoms with Gasteiger partial charge in [0.15, 0.2) is 5.71 Å². The lowest BCUT2D eigenvalue weighted by atomic mass is 10.1. The molecule has 0 spiro atoms. The maximum atomic E-state index is 12.1. The fourth-order valence-electron chi connectivity index (χ4n) is 0.792. The highest BCUT2D eigenvalue weighted by Gasteiger charge is 2.65. The van der Waals surface area contributed by atoms with E-state index in [9.17, 15) is 13.2 Å². The SMILES string of the molecule is CC1=NOC(O)(C(F)(F)F)C1=NO. The van der Waals surface area contributed by atoms with E-state index >= 15 is 0 Å². The molecular weight excluding hydrogens is 193 g/mol. The first-order chi connectivity index (χ1) is 5.83. The Morgan fingerprint density at radius 3 is 2.38 bits per heavy atom. The first-order valence-electron chi connectivity index (χ1n) is 3.07. The molecule has 0 fully saturated rings. The molecule has 1 aliphatic heterocycles. The highest BCUT2D eigenvalue weighted by Crippen LogP contribution is 2.36. The molecule has 1 atom stereocenters. The van der Waals surface area contributed by atoms with E-state index in [1.807, 2.05) is 0 Å². The number of halogens is 3. The molecule has 1 unspecified atom stereocenters. The summed E-state index contributed by atoms with van der Waals surface area (Å²) in [5, 5.41) is 22.3. The average molecular weight is 198 g/mol. The van der Waals surface area contributed by atoms with Crippen molar-refractivity contribution < 1.29 is 28.3 Å². The lowest BCUT2D eigenvalue weighted by molar-refractivity contribution is -0.325. The van der Waals surface area contributed by atoms with Crippen LogP contribution >= 0.6 is 0 Å². The number of oxime groups is 2. The smallest absolute Gasteiger partial charge is 0.410 e. The number of hydrogen-bond donors (Lipinski definition) is 2. The van der Waals surface area contributed by atoms with Gasteiger partial charge in [-0.2, -0.15) is 13.2 Å². The Morgan fingerprint density at radius 1 is 1.54 bits per heavy atom. The van der Waals surface area contributed by atoms with Crippen molar-refractivity contribution in [3.05, 3.63) is 0 Å². The van der Waals surface area contributed by atoms with Gasteiger partial charge in [-0.15, -0.1) is 0 Å². The second-order valence-electron chi connectivity index (χ2n) is 2.36. The van der Waals surface area contributed by atoms with Gasteiger partial charge in [0.25, 0.3) is 0 Å². The average Bonchev–Trinajstić information content (AvgIpc) is 2.27. The number of nitrogens with zero attached hydrogens (tertiary/aromatic N) is 2. The van der Waals surface area contributed by atoms with Gasteiger partial charge in [-0.05, 0) is 6.92 Å². The summed E-state index contributed by atoms with van der Waals surface area (Å²) in [5.74, 6) is -3.63. The van der Waals surface area contributed by atoms with E-state index < -0.39 is 17.7 Å². The van der Waals surface area contributed by atoms with Gasteiger partial charge in [0, 0.05) is 0 Å². The normalized spacial score (nSPS) is 31.8. The Morgan fingerprint density at radius 2 is 2.08 bits per heavy atom. The van der Waals surface area contributed by atoms with Crippen molar-refractivity contribution in [1.82, 2.24) is 0 Å². The van der Waals surface area contributed by atoms with Crippen molar-refractivity contribution in [3.63, 3.8) is 0 Å². The Balaban J connectivity index is 3.11. The standard InChI is InChI=1S/C5H5F3N2O3/c1-2-3(9-12)4(11,13-10-2)5(6,7)8/h11-12H,1H3. The second-order valence-corrected chi connectivity index (χ2v) is 2.36. The highest BCUT2D eigenvalue weighted by molar-refractivity contribution is 6.44. The molecule has 0 aromatic carbocycles. The molecule has 1 aliphatic rings. The molecule has 0 saturated heterocycles. The zero-order valence-electron chi connectivity index (χ0n) is 6.33. The molecule has 5 nitrogen and oxygen atoms in total. The Bertz CT molecular complexity index is 285. The molecule has 0 saturated carbocycles. The first-order valence-corrected chi connectivity index (χ1v) is 3.07. The predicted octanol–water partition coefficient (Wildman–Crippen LogP) is 0.474. The van der Waals surface area contributed by atoms with Crippen molar-refractivity contribution in [2.75, 3.05) is 0 Å². The number of rotatable bonds is 0. The van der Waals surface area contributed by atoms with Crippen molar-refractivity contribution >= 4 is 11.4 Å². The van der Waals surface area contributed by atoms with Crippen LogP contribution in [-0.4, -0.2) is 33.7 Å². The Hall–Kier alpha value is -1.31. The van der Waals surface area contributed by atoms with Crippen molar-refractivity contribution in [3.8, 4) is 0 Å². The molecule has 74 valence electrons. The van der Waals surface area contributed by atoms with Crippen LogP contribution in [0.3, 0.4) is 0 Å². The minimum absolute atomic E-state index is 0.331. The van der Waals surface area contributed by atoms with Crippen molar-refractivity contribution in [1.29, 1.82) is 0 Å². The summed E-state index contributed by atoms with van der Waals surface area (Å²) in [5.41, 5.74) is -1.39. The van der Waals surface area contributed by atoms with E-state index in [0.717, 1.165) is 6.92 Å². The minimum Gasteiger partial charge on any atom is -0.410 e. The third-order valence-electron chi connectivity index (χ3n) is 1.46. The van der Waals surface area contributed by atoms with Crippen molar-refractivity contribution in [2.24, 2.45) is 10.3 Å². The second kappa shape index (κ2) is 2.59. The molecule has 1 rings (SSSR count). The fraction of sp³-hybridized carbons (Fsp3) is 0.600. The van der Waals surface area contributed by atoms with Crippen LogP contribution in [-0.2, 0) is 4.84 Å². The molecule has 0 aliphatic carbocycles. The molecule has 0 bridgehead atoms. The third-order valence-corrected chi connectivity index (χ3v) is 1.46. The molecule has 0 aromatic heterocycles. The highest BCUT2D eigenvalue weighted by atomic mass is 19.4. The van der Waals surface area contributed by atoms with E-state index in [1.165, 1.54) is 0 Å². The Labute approximate surface area is 70.1 Å². The van der Waals surface area contributed by atoms with Gasteiger partial charge < -0.3 is 15.2 Å². The summed E-state index contributed by atoms with van der Waals surface area (Å²) in [6.45, 7) is 1.11. The molecule has 8 heteroatoms. The number of aliphatic hydroxyl groups is 1. The molecule has 0 radical (unpaired) electrons. The van der Waals surface area contributed by atoms with E-state index in [0.29, 0.717) is 0 Å². The van der Waals surface area contributed by atoms with Crippen LogP contribution in [0.15, 0.2) is 10.3 Å². The van der Waals surface area contributed by atoms with Gasteiger partial charge in [-0.3, -0.25) is 0 Å². The van der Waals surface area contributed by atoms with E-state index in [2.05, 4.69) is 15.1 Å². The molecule has 1 heterocycles. The third kappa shape index (κ3) is 1.22. The lowest BCUT2D eigenvalue weighted by Crippen LogP contribution is -2.52. The van der Waals surface area contributed by atoms with Crippen LogP contribution in [0, 0.1) is 0 Å². The van der Waals surface area contributed by atoms with Crippen LogP contribution in [0.2, 0.25) is 0 Å². The van der Waals surface area contributed by atoms with Gasteiger partial charge in [0.2, 0.25) is 0 Å². The van der Waals surface area contributed by atoms with Crippen LogP contribution in [0.1, 0.15) is 6.92 Å². The molecule has 0 aromatic rings. The molecule has 0 amide bonds. The van der Waals surface area contributed by atoms with Gasteiger partial charge in [-0.1, -0.05) is 10.3 Å². The topological polar surface area (TPSA) is 74.4 Å². The number of hydrogen-bond acceptors (Lipinski definition) is 5. The van der Waals surface area contributed by atoms with Crippen LogP contribution in [0.25, 0.3) is 0 Å². The summed E-state index contributed by atoms with van der Waals surface area (Å²) in [7, 11) is 0. The summed E-state index contributed by atoms with van der Waals surface area (Å²) >= 11 is 0. The largest absolute Gasteiger partial charge is 0.464 e. The molecular formula is C5H5F3N2O3. The summed E-state index contributed by atoms with van der Waals surface area (Å²) < 4.78 is 36.3. The van der Waals surface area contributed by atoms with Crippen molar-refractivity contribution in [2.45, 2.75) is 18.9 Å². The monoisotopic (exact) mass is 198 g/mol.